The maximum absolute atomic E-state index is 10.4. The van der Waals surface area contributed by atoms with E-state index in [9.17, 15) is 5.11 Å². The van der Waals surface area contributed by atoms with E-state index in [0.717, 1.165) is 27.7 Å². The lowest BCUT2D eigenvalue weighted by Gasteiger charge is -2.13. The van der Waals surface area contributed by atoms with Crippen molar-refractivity contribution in [1.29, 1.82) is 0 Å². The van der Waals surface area contributed by atoms with Crippen molar-refractivity contribution in [1.82, 2.24) is 9.78 Å². The van der Waals surface area contributed by atoms with Gasteiger partial charge in [-0.2, -0.15) is 5.10 Å². The number of aryl methyl sites for hydroxylation is 1. The van der Waals surface area contributed by atoms with Crippen molar-refractivity contribution in [2.24, 2.45) is 0 Å². The summed E-state index contributed by atoms with van der Waals surface area (Å²) in [6, 6.07) is 8.34. The van der Waals surface area contributed by atoms with E-state index in [2.05, 4.69) is 34.9 Å². The fraction of sp³-hybridized carbons (Fsp3) is 0.438. The molecule has 0 bridgehead atoms. The first-order valence-electron chi connectivity index (χ1n) is 6.99. The zero-order valence-corrected chi connectivity index (χ0v) is 13.8. The highest BCUT2D eigenvalue weighted by Crippen LogP contribution is 2.24. The molecule has 2 rings (SSSR count). The molecule has 0 aliphatic heterocycles. The first-order valence-corrected chi connectivity index (χ1v) is 7.78. The van der Waals surface area contributed by atoms with Crippen LogP contribution < -0.4 is 0 Å². The van der Waals surface area contributed by atoms with E-state index >= 15 is 0 Å². The van der Waals surface area contributed by atoms with Gasteiger partial charge in [-0.05, 0) is 49.6 Å². The summed E-state index contributed by atoms with van der Waals surface area (Å²) < 4.78 is 3.00. The minimum atomic E-state index is -0.511. The van der Waals surface area contributed by atoms with Crippen LogP contribution in [0.1, 0.15) is 49.2 Å². The van der Waals surface area contributed by atoms with Gasteiger partial charge >= 0.3 is 0 Å². The van der Waals surface area contributed by atoms with E-state index in [-0.39, 0.29) is 0 Å². The highest BCUT2D eigenvalue weighted by molar-refractivity contribution is 9.10. The Hall–Kier alpha value is -1.13. The molecule has 0 spiro atoms. The fourth-order valence-electron chi connectivity index (χ4n) is 2.24. The number of hydrogen-bond donors (Lipinski definition) is 1. The molecule has 1 heterocycles. The molecule has 3 nitrogen and oxygen atoms in total. The molecule has 1 aromatic carbocycles. The number of nitrogens with zero attached hydrogens (tertiary/aromatic N) is 2. The molecular weight excluding hydrogens is 316 g/mol. The molecule has 0 saturated carbocycles. The molecule has 2 atom stereocenters. The second-order valence-electron chi connectivity index (χ2n) is 5.27. The topological polar surface area (TPSA) is 38.0 Å². The van der Waals surface area contributed by atoms with Crippen LogP contribution in [0.4, 0.5) is 0 Å². The zero-order chi connectivity index (χ0) is 14.7. The minimum absolute atomic E-state index is 0.398. The van der Waals surface area contributed by atoms with E-state index in [0.29, 0.717) is 12.5 Å². The standard InChI is InChI=1S/C16H21BrN2O/c1-4-12(3)19-8-7-14(18-19)10-16(20)15-6-5-13(17)9-11(15)2/h5-9,12,16,20H,4,10H2,1-3H3. The summed E-state index contributed by atoms with van der Waals surface area (Å²) in [5, 5.41) is 14.9. The van der Waals surface area contributed by atoms with Gasteiger partial charge in [0.15, 0.2) is 0 Å². The number of halogens is 1. The summed E-state index contributed by atoms with van der Waals surface area (Å²) in [5.41, 5.74) is 2.99. The van der Waals surface area contributed by atoms with Gasteiger partial charge in [-0.15, -0.1) is 0 Å². The Balaban J connectivity index is 2.11. The minimum Gasteiger partial charge on any atom is -0.388 e. The molecule has 20 heavy (non-hydrogen) atoms. The number of aromatic nitrogens is 2. The second kappa shape index (κ2) is 6.55. The van der Waals surface area contributed by atoms with Gasteiger partial charge in [-0.3, -0.25) is 4.68 Å². The lowest BCUT2D eigenvalue weighted by molar-refractivity contribution is 0.176. The third-order valence-corrected chi connectivity index (χ3v) is 4.19. The van der Waals surface area contributed by atoms with E-state index < -0.39 is 6.10 Å². The van der Waals surface area contributed by atoms with E-state index in [1.54, 1.807) is 0 Å². The molecule has 1 aromatic heterocycles. The molecule has 0 aliphatic carbocycles. The fourth-order valence-corrected chi connectivity index (χ4v) is 2.72. The van der Waals surface area contributed by atoms with Crippen LogP contribution in [-0.2, 0) is 6.42 Å². The van der Waals surface area contributed by atoms with Crippen LogP contribution in [0, 0.1) is 6.92 Å². The average Bonchev–Trinajstić information content (AvgIpc) is 2.86. The Bertz CT molecular complexity index is 580. The van der Waals surface area contributed by atoms with Crippen molar-refractivity contribution in [3.63, 3.8) is 0 Å². The molecule has 0 aliphatic rings. The van der Waals surface area contributed by atoms with Crippen molar-refractivity contribution < 1.29 is 5.11 Å². The monoisotopic (exact) mass is 336 g/mol. The van der Waals surface area contributed by atoms with Crippen LogP contribution in [0.15, 0.2) is 34.9 Å². The van der Waals surface area contributed by atoms with E-state index in [4.69, 9.17) is 0 Å². The number of aliphatic hydroxyl groups is 1. The van der Waals surface area contributed by atoms with Gasteiger partial charge in [-0.1, -0.05) is 28.9 Å². The molecule has 0 radical (unpaired) electrons. The van der Waals surface area contributed by atoms with Gasteiger partial charge in [0.25, 0.3) is 0 Å². The Morgan fingerprint density at radius 2 is 2.10 bits per heavy atom. The predicted octanol–water partition coefficient (Wildman–Crippen LogP) is 4.20. The van der Waals surface area contributed by atoms with Crippen molar-refractivity contribution >= 4 is 15.9 Å². The molecule has 4 heteroatoms. The smallest absolute Gasteiger partial charge is 0.0848 e. The van der Waals surface area contributed by atoms with Crippen molar-refractivity contribution in [3.8, 4) is 0 Å². The molecule has 0 amide bonds. The Kier molecular flexibility index (Phi) is 5.00. The van der Waals surface area contributed by atoms with E-state index in [1.807, 2.05) is 42.1 Å². The van der Waals surface area contributed by atoms with Crippen molar-refractivity contribution in [3.05, 3.63) is 51.8 Å². The number of aliphatic hydroxyl groups excluding tert-OH is 1. The predicted molar refractivity (Wildman–Crippen MR) is 84.8 cm³/mol. The molecule has 0 saturated heterocycles. The third-order valence-electron chi connectivity index (χ3n) is 3.70. The SMILES string of the molecule is CCC(C)n1ccc(CC(O)c2ccc(Br)cc2C)n1. The Morgan fingerprint density at radius 1 is 1.35 bits per heavy atom. The van der Waals surface area contributed by atoms with Crippen LogP contribution in [0.5, 0.6) is 0 Å². The van der Waals surface area contributed by atoms with Crippen LogP contribution in [0.3, 0.4) is 0 Å². The summed E-state index contributed by atoms with van der Waals surface area (Å²) >= 11 is 3.44. The number of benzene rings is 1. The maximum Gasteiger partial charge on any atom is 0.0848 e. The summed E-state index contributed by atoms with van der Waals surface area (Å²) in [6.45, 7) is 6.30. The van der Waals surface area contributed by atoms with Crippen LogP contribution in [0.2, 0.25) is 0 Å². The van der Waals surface area contributed by atoms with Crippen molar-refractivity contribution in [2.75, 3.05) is 0 Å². The van der Waals surface area contributed by atoms with Crippen LogP contribution in [0.25, 0.3) is 0 Å². The van der Waals surface area contributed by atoms with Gasteiger partial charge in [0.05, 0.1) is 11.8 Å². The largest absolute Gasteiger partial charge is 0.388 e. The highest BCUT2D eigenvalue weighted by atomic mass is 79.9. The molecule has 0 fully saturated rings. The maximum atomic E-state index is 10.4. The number of rotatable bonds is 5. The third kappa shape index (κ3) is 3.49. The Morgan fingerprint density at radius 3 is 2.75 bits per heavy atom. The zero-order valence-electron chi connectivity index (χ0n) is 12.2. The lowest BCUT2D eigenvalue weighted by Crippen LogP contribution is -2.07. The summed E-state index contributed by atoms with van der Waals surface area (Å²) in [7, 11) is 0. The van der Waals surface area contributed by atoms with Gasteiger partial charge < -0.3 is 5.11 Å². The molecular formula is C16H21BrN2O. The molecule has 1 N–H and O–H groups in total. The molecule has 2 unspecified atom stereocenters. The molecule has 108 valence electrons. The van der Waals surface area contributed by atoms with Crippen LogP contribution in [-0.4, -0.2) is 14.9 Å². The van der Waals surface area contributed by atoms with Crippen LogP contribution >= 0.6 is 15.9 Å². The normalized spacial score (nSPS) is 14.2. The van der Waals surface area contributed by atoms with Crippen molar-refractivity contribution in [2.45, 2.75) is 45.8 Å². The van der Waals surface area contributed by atoms with Gasteiger partial charge in [0.2, 0.25) is 0 Å². The Labute approximate surface area is 128 Å². The first kappa shape index (κ1) is 15.3. The number of hydrogen-bond acceptors (Lipinski definition) is 2. The first-order chi connectivity index (χ1) is 9.51. The summed E-state index contributed by atoms with van der Waals surface area (Å²) in [6.07, 6.45) is 3.08. The van der Waals surface area contributed by atoms with E-state index in [1.165, 1.54) is 0 Å². The summed E-state index contributed by atoms with van der Waals surface area (Å²) in [4.78, 5) is 0. The lowest BCUT2D eigenvalue weighted by atomic mass is 10.0. The van der Waals surface area contributed by atoms with Gasteiger partial charge in [0.1, 0.15) is 0 Å². The molecule has 2 aromatic rings. The highest BCUT2D eigenvalue weighted by Gasteiger charge is 2.14. The quantitative estimate of drug-likeness (QED) is 0.888. The van der Waals surface area contributed by atoms with Gasteiger partial charge in [-0.25, -0.2) is 0 Å². The second-order valence-corrected chi connectivity index (χ2v) is 6.18. The van der Waals surface area contributed by atoms with Gasteiger partial charge in [0, 0.05) is 23.1 Å². The average molecular weight is 337 g/mol. The summed E-state index contributed by atoms with van der Waals surface area (Å²) in [5.74, 6) is 0.